The monoisotopic (exact) mass is 357 g/mol. The van der Waals surface area contributed by atoms with E-state index in [-0.39, 0.29) is 24.4 Å². The Balaban J connectivity index is 0.00000176. The van der Waals surface area contributed by atoms with E-state index in [1.807, 2.05) is 24.3 Å². The summed E-state index contributed by atoms with van der Waals surface area (Å²) < 4.78 is 0. The van der Waals surface area contributed by atoms with Crippen LogP contribution in [0.4, 0.5) is 0 Å². The lowest BCUT2D eigenvalue weighted by Crippen LogP contribution is -2.42. The van der Waals surface area contributed by atoms with E-state index in [0.717, 1.165) is 36.5 Å². The SMILES string of the molecule is Cl.O=C(NC1CCNCC1)c1csc(-c2ccccc2Cl)n1. The summed E-state index contributed by atoms with van der Waals surface area (Å²) in [5.41, 5.74) is 1.33. The van der Waals surface area contributed by atoms with Gasteiger partial charge in [0.05, 0.1) is 5.02 Å². The number of rotatable bonds is 3. The van der Waals surface area contributed by atoms with Gasteiger partial charge >= 0.3 is 0 Å². The second kappa shape index (κ2) is 7.92. The molecule has 7 heteroatoms. The van der Waals surface area contributed by atoms with Crippen molar-refractivity contribution in [3.8, 4) is 10.6 Å². The zero-order valence-corrected chi connectivity index (χ0v) is 14.2. The first-order valence-corrected chi connectivity index (χ1v) is 8.22. The minimum atomic E-state index is -0.101. The molecular formula is C15H17Cl2N3OS. The Morgan fingerprint density at radius 1 is 1.32 bits per heavy atom. The first-order chi connectivity index (χ1) is 10.2. The van der Waals surface area contributed by atoms with Crippen molar-refractivity contribution in [2.45, 2.75) is 18.9 Å². The Morgan fingerprint density at radius 3 is 2.77 bits per heavy atom. The number of halogens is 2. The van der Waals surface area contributed by atoms with Gasteiger partial charge < -0.3 is 10.6 Å². The minimum absolute atomic E-state index is 0. The molecule has 22 heavy (non-hydrogen) atoms. The predicted molar refractivity (Wildman–Crippen MR) is 93.2 cm³/mol. The zero-order chi connectivity index (χ0) is 14.7. The molecule has 2 N–H and O–H groups in total. The minimum Gasteiger partial charge on any atom is -0.348 e. The van der Waals surface area contributed by atoms with Gasteiger partial charge in [-0.25, -0.2) is 4.98 Å². The maximum Gasteiger partial charge on any atom is 0.270 e. The highest BCUT2D eigenvalue weighted by Gasteiger charge is 2.18. The first kappa shape index (κ1) is 17.2. The first-order valence-electron chi connectivity index (χ1n) is 6.96. The fourth-order valence-corrected chi connectivity index (χ4v) is 3.48. The maximum atomic E-state index is 12.2. The van der Waals surface area contributed by atoms with Gasteiger partial charge in [0.1, 0.15) is 10.7 Å². The Hall–Kier alpha value is -1.14. The van der Waals surface area contributed by atoms with Crippen molar-refractivity contribution < 1.29 is 4.79 Å². The molecule has 0 spiro atoms. The van der Waals surface area contributed by atoms with Gasteiger partial charge in [-0.15, -0.1) is 23.7 Å². The Bertz CT molecular complexity index is 641. The van der Waals surface area contributed by atoms with Gasteiger partial charge in [0.2, 0.25) is 0 Å². The summed E-state index contributed by atoms with van der Waals surface area (Å²) in [5.74, 6) is -0.101. The van der Waals surface area contributed by atoms with Crippen LogP contribution >= 0.6 is 35.3 Å². The van der Waals surface area contributed by atoms with Crippen LogP contribution in [0.25, 0.3) is 10.6 Å². The summed E-state index contributed by atoms with van der Waals surface area (Å²) in [6.07, 6.45) is 1.93. The number of aromatic nitrogens is 1. The van der Waals surface area contributed by atoms with Crippen LogP contribution in [0.1, 0.15) is 23.3 Å². The molecule has 0 unspecified atom stereocenters. The average molecular weight is 358 g/mol. The number of nitrogens with zero attached hydrogens (tertiary/aromatic N) is 1. The van der Waals surface area contributed by atoms with Gasteiger partial charge in [-0.05, 0) is 32.0 Å². The molecule has 4 nitrogen and oxygen atoms in total. The van der Waals surface area contributed by atoms with Crippen molar-refractivity contribution in [1.82, 2.24) is 15.6 Å². The van der Waals surface area contributed by atoms with Crippen molar-refractivity contribution in [3.05, 3.63) is 40.4 Å². The van der Waals surface area contributed by atoms with Crippen LogP contribution in [0, 0.1) is 0 Å². The van der Waals surface area contributed by atoms with Crippen molar-refractivity contribution in [2.24, 2.45) is 0 Å². The van der Waals surface area contributed by atoms with Crippen LogP contribution < -0.4 is 10.6 Å². The van der Waals surface area contributed by atoms with Gasteiger partial charge in [0, 0.05) is 17.0 Å². The topological polar surface area (TPSA) is 54.0 Å². The van der Waals surface area contributed by atoms with Crippen molar-refractivity contribution in [2.75, 3.05) is 13.1 Å². The summed E-state index contributed by atoms with van der Waals surface area (Å²) in [6, 6.07) is 7.77. The molecule has 1 amide bonds. The van der Waals surface area contributed by atoms with Crippen LogP contribution in [-0.2, 0) is 0 Å². The highest BCUT2D eigenvalue weighted by Crippen LogP contribution is 2.30. The molecule has 0 aliphatic carbocycles. The summed E-state index contributed by atoms with van der Waals surface area (Å²) >= 11 is 7.60. The molecule has 0 radical (unpaired) electrons. The van der Waals surface area contributed by atoms with Crippen LogP contribution in [0.3, 0.4) is 0 Å². The maximum absolute atomic E-state index is 12.2. The smallest absolute Gasteiger partial charge is 0.270 e. The zero-order valence-electron chi connectivity index (χ0n) is 11.8. The number of carbonyl (C=O) groups excluding carboxylic acids is 1. The Kier molecular flexibility index (Phi) is 6.20. The van der Waals surface area contributed by atoms with Gasteiger partial charge in [-0.1, -0.05) is 29.8 Å². The molecule has 0 bridgehead atoms. The number of benzene rings is 1. The number of hydrogen-bond acceptors (Lipinski definition) is 4. The van der Waals surface area contributed by atoms with E-state index in [9.17, 15) is 4.79 Å². The quantitative estimate of drug-likeness (QED) is 0.885. The number of amides is 1. The third-order valence-electron chi connectivity index (χ3n) is 3.52. The van der Waals surface area contributed by atoms with Gasteiger partial charge in [-0.2, -0.15) is 0 Å². The molecule has 2 aromatic rings. The molecule has 2 heterocycles. The van der Waals surface area contributed by atoms with Crippen LogP contribution in [0.5, 0.6) is 0 Å². The third-order valence-corrected chi connectivity index (χ3v) is 4.72. The van der Waals surface area contributed by atoms with E-state index in [1.54, 1.807) is 5.38 Å². The van der Waals surface area contributed by atoms with E-state index in [4.69, 9.17) is 11.6 Å². The van der Waals surface area contributed by atoms with Gasteiger partial charge in [-0.3, -0.25) is 4.79 Å². The second-order valence-electron chi connectivity index (χ2n) is 5.02. The lowest BCUT2D eigenvalue weighted by molar-refractivity contribution is 0.0925. The summed E-state index contributed by atoms with van der Waals surface area (Å²) in [6.45, 7) is 1.90. The Morgan fingerprint density at radius 2 is 2.05 bits per heavy atom. The molecule has 0 atom stereocenters. The van der Waals surface area contributed by atoms with E-state index >= 15 is 0 Å². The summed E-state index contributed by atoms with van der Waals surface area (Å²) in [5, 5.41) is 9.54. The number of carbonyl (C=O) groups is 1. The van der Waals surface area contributed by atoms with E-state index in [1.165, 1.54) is 11.3 Å². The fraction of sp³-hybridized carbons (Fsp3) is 0.333. The van der Waals surface area contributed by atoms with Crippen molar-refractivity contribution in [3.63, 3.8) is 0 Å². The average Bonchev–Trinajstić information content (AvgIpc) is 2.98. The molecular weight excluding hydrogens is 341 g/mol. The Labute approximate surface area is 144 Å². The number of thiazole rings is 1. The summed E-state index contributed by atoms with van der Waals surface area (Å²) in [7, 11) is 0. The lowest BCUT2D eigenvalue weighted by atomic mass is 10.1. The molecule has 0 saturated carbocycles. The number of nitrogens with one attached hydrogen (secondary N) is 2. The highest BCUT2D eigenvalue weighted by molar-refractivity contribution is 7.13. The van der Waals surface area contributed by atoms with Crippen LogP contribution in [0.15, 0.2) is 29.6 Å². The fourth-order valence-electron chi connectivity index (χ4n) is 2.36. The normalized spacial score (nSPS) is 15.1. The molecule has 1 aliphatic rings. The standard InChI is InChI=1S/C15H16ClN3OS.ClH/c16-12-4-2-1-3-11(12)15-19-13(9-21-15)14(20)18-10-5-7-17-8-6-10;/h1-4,9-10,17H,5-8H2,(H,18,20);1H. The molecule has 118 valence electrons. The second-order valence-corrected chi connectivity index (χ2v) is 6.28. The van der Waals surface area contributed by atoms with E-state index in [0.29, 0.717) is 10.7 Å². The van der Waals surface area contributed by atoms with Crippen LogP contribution in [-0.4, -0.2) is 30.0 Å². The van der Waals surface area contributed by atoms with E-state index < -0.39 is 0 Å². The van der Waals surface area contributed by atoms with Crippen molar-refractivity contribution >= 4 is 41.3 Å². The molecule has 1 aromatic carbocycles. The predicted octanol–water partition coefficient (Wildman–Crippen LogP) is 3.37. The number of hydrogen-bond donors (Lipinski definition) is 2. The van der Waals surface area contributed by atoms with Gasteiger partial charge in [0.15, 0.2) is 0 Å². The molecule has 1 aliphatic heterocycles. The highest BCUT2D eigenvalue weighted by atomic mass is 35.5. The van der Waals surface area contributed by atoms with E-state index in [2.05, 4.69) is 15.6 Å². The van der Waals surface area contributed by atoms with Crippen LogP contribution in [0.2, 0.25) is 5.02 Å². The number of piperidine rings is 1. The molecule has 1 aromatic heterocycles. The molecule has 1 saturated heterocycles. The largest absolute Gasteiger partial charge is 0.348 e. The van der Waals surface area contributed by atoms with Gasteiger partial charge in [0.25, 0.3) is 5.91 Å². The molecule has 1 fully saturated rings. The third kappa shape index (κ3) is 3.98. The lowest BCUT2D eigenvalue weighted by Gasteiger charge is -2.23. The summed E-state index contributed by atoms with van der Waals surface area (Å²) in [4.78, 5) is 16.6. The van der Waals surface area contributed by atoms with Crippen molar-refractivity contribution in [1.29, 1.82) is 0 Å². The molecule has 3 rings (SSSR count).